The van der Waals surface area contributed by atoms with E-state index in [1.54, 1.807) is 12.4 Å². The van der Waals surface area contributed by atoms with E-state index in [1.807, 2.05) is 11.6 Å². The van der Waals surface area contributed by atoms with Crippen LogP contribution in [-0.2, 0) is 33.1 Å². The van der Waals surface area contributed by atoms with Crippen molar-refractivity contribution in [2.24, 2.45) is 7.05 Å². The van der Waals surface area contributed by atoms with Crippen molar-refractivity contribution in [3.63, 3.8) is 0 Å². The molecule has 0 bridgehead atoms. The maximum atomic E-state index is 12.5. The fourth-order valence-corrected chi connectivity index (χ4v) is 3.84. The molecule has 1 aliphatic rings. The first kappa shape index (κ1) is 16.0. The number of methoxy groups -OCH3 is 1. The number of ether oxygens (including phenoxy) is 1. The number of esters is 1. The summed E-state index contributed by atoms with van der Waals surface area (Å²) >= 11 is 0. The molecule has 1 fully saturated rings. The molecule has 0 spiro atoms. The summed E-state index contributed by atoms with van der Waals surface area (Å²) in [6.07, 6.45) is 5.63. The van der Waals surface area contributed by atoms with E-state index in [0.717, 1.165) is 18.7 Å². The number of sulfonamides is 1. The van der Waals surface area contributed by atoms with E-state index < -0.39 is 10.0 Å². The quantitative estimate of drug-likeness (QED) is 0.659. The molecule has 0 amide bonds. The monoisotopic (exact) mass is 315 g/mol. The summed E-state index contributed by atoms with van der Waals surface area (Å²) < 4.78 is 32.8. The van der Waals surface area contributed by atoms with Gasteiger partial charge in [0.05, 0.1) is 19.4 Å². The molecular weight excluding hydrogens is 294 g/mol. The zero-order chi connectivity index (χ0) is 15.5. The Morgan fingerprint density at radius 3 is 2.76 bits per heavy atom. The second-order valence-electron chi connectivity index (χ2n) is 5.23. The number of nitrogens with zero attached hydrogens (tertiary/aromatic N) is 3. The number of carbonyl (C=O) groups is 1. The first-order chi connectivity index (χ1) is 9.94. The van der Waals surface area contributed by atoms with E-state index in [4.69, 9.17) is 0 Å². The third-order valence-electron chi connectivity index (χ3n) is 3.54. The molecule has 8 heteroatoms. The highest BCUT2D eigenvalue weighted by atomic mass is 32.2. The van der Waals surface area contributed by atoms with Crippen LogP contribution in [0.25, 0.3) is 0 Å². The number of aryl methyl sites for hydroxylation is 1. The van der Waals surface area contributed by atoms with E-state index in [9.17, 15) is 13.2 Å². The topological polar surface area (TPSA) is 81.5 Å². The lowest BCUT2D eigenvalue weighted by Crippen LogP contribution is -2.35. The Bertz CT molecular complexity index is 592. The number of carbonyl (C=O) groups excluding carboxylic acids is 1. The average molecular weight is 315 g/mol. The molecule has 0 unspecified atom stereocenters. The molecular formula is C13H21N3O4S. The number of aromatic nitrogens is 2. The van der Waals surface area contributed by atoms with Crippen LogP contribution >= 0.6 is 0 Å². The zero-order valence-corrected chi connectivity index (χ0v) is 13.2. The molecule has 0 saturated heterocycles. The summed E-state index contributed by atoms with van der Waals surface area (Å²) in [7, 11) is -0.239. The van der Waals surface area contributed by atoms with Crippen molar-refractivity contribution in [2.45, 2.75) is 38.3 Å². The SMILES string of the molecule is COC(=O)CCCS(=O)(=O)N(Cc1nccn1C)C1CC1. The predicted octanol–water partition coefficient (Wildman–Crippen LogP) is 0.667. The van der Waals surface area contributed by atoms with E-state index in [0.29, 0.717) is 0 Å². The number of hydrogen-bond acceptors (Lipinski definition) is 5. The minimum absolute atomic E-state index is 0.0387. The Balaban J connectivity index is 2.00. The van der Waals surface area contributed by atoms with Crippen molar-refractivity contribution in [3.8, 4) is 0 Å². The highest BCUT2D eigenvalue weighted by Crippen LogP contribution is 2.31. The molecule has 1 aliphatic carbocycles. The van der Waals surface area contributed by atoms with Gasteiger partial charge in [0, 0.05) is 31.9 Å². The van der Waals surface area contributed by atoms with Crippen molar-refractivity contribution in [1.82, 2.24) is 13.9 Å². The highest BCUT2D eigenvalue weighted by Gasteiger charge is 2.37. The molecule has 1 aromatic heterocycles. The van der Waals surface area contributed by atoms with Crippen molar-refractivity contribution in [3.05, 3.63) is 18.2 Å². The van der Waals surface area contributed by atoms with Crippen molar-refractivity contribution < 1.29 is 17.9 Å². The summed E-state index contributed by atoms with van der Waals surface area (Å²) in [5, 5.41) is 0. The Morgan fingerprint density at radius 1 is 1.52 bits per heavy atom. The van der Waals surface area contributed by atoms with Crippen LogP contribution in [0.5, 0.6) is 0 Å². The maximum Gasteiger partial charge on any atom is 0.305 e. The standard InChI is InChI=1S/C13H21N3O4S/c1-15-8-7-14-12(15)10-16(11-5-6-11)21(18,19)9-3-4-13(17)20-2/h7-8,11H,3-6,9-10H2,1-2H3. The molecule has 0 aromatic carbocycles. The molecule has 0 aliphatic heterocycles. The van der Waals surface area contributed by atoms with Crippen LogP contribution in [-0.4, -0.2) is 47.1 Å². The molecule has 0 N–H and O–H groups in total. The molecule has 1 aromatic rings. The van der Waals surface area contributed by atoms with Gasteiger partial charge >= 0.3 is 5.97 Å². The lowest BCUT2D eigenvalue weighted by atomic mass is 10.3. The molecule has 1 heterocycles. The molecule has 0 radical (unpaired) electrons. The first-order valence-electron chi connectivity index (χ1n) is 6.96. The Hall–Kier alpha value is -1.41. The van der Waals surface area contributed by atoms with Crippen molar-refractivity contribution in [1.29, 1.82) is 0 Å². The second kappa shape index (κ2) is 6.57. The third-order valence-corrected chi connectivity index (χ3v) is 5.49. The smallest absolute Gasteiger partial charge is 0.305 e. The molecule has 7 nitrogen and oxygen atoms in total. The van der Waals surface area contributed by atoms with Gasteiger partial charge in [0.1, 0.15) is 5.82 Å². The molecule has 1 saturated carbocycles. The fraction of sp³-hybridized carbons (Fsp3) is 0.692. The molecule has 118 valence electrons. The summed E-state index contributed by atoms with van der Waals surface area (Å²) in [6.45, 7) is 0.286. The Labute approximate surface area is 125 Å². The fourth-order valence-electron chi connectivity index (χ4n) is 2.12. The molecule has 2 rings (SSSR count). The maximum absolute atomic E-state index is 12.5. The first-order valence-corrected chi connectivity index (χ1v) is 8.57. The summed E-state index contributed by atoms with van der Waals surface area (Å²) in [5.41, 5.74) is 0. The van der Waals surface area contributed by atoms with Crippen molar-refractivity contribution >= 4 is 16.0 Å². The van der Waals surface area contributed by atoms with Crippen LogP contribution in [0.4, 0.5) is 0 Å². The lowest BCUT2D eigenvalue weighted by molar-refractivity contribution is -0.140. The molecule has 0 atom stereocenters. The highest BCUT2D eigenvalue weighted by molar-refractivity contribution is 7.89. The van der Waals surface area contributed by atoms with Gasteiger partial charge in [0.15, 0.2) is 0 Å². The summed E-state index contributed by atoms with van der Waals surface area (Å²) in [5.74, 6) is 0.300. The van der Waals surface area contributed by atoms with E-state index in [1.165, 1.54) is 11.4 Å². The van der Waals surface area contributed by atoms with E-state index >= 15 is 0 Å². The zero-order valence-electron chi connectivity index (χ0n) is 12.4. The Kier molecular flexibility index (Phi) is 5.00. The van der Waals surface area contributed by atoms with Gasteiger partial charge in [-0.25, -0.2) is 13.4 Å². The van der Waals surface area contributed by atoms with E-state index in [2.05, 4.69) is 9.72 Å². The van der Waals surface area contributed by atoms with Gasteiger partial charge in [0.2, 0.25) is 10.0 Å². The van der Waals surface area contributed by atoms with Crippen LogP contribution in [0.2, 0.25) is 0 Å². The summed E-state index contributed by atoms with van der Waals surface area (Å²) in [4.78, 5) is 15.3. The van der Waals surface area contributed by atoms with Gasteiger partial charge < -0.3 is 9.30 Å². The van der Waals surface area contributed by atoms with Gasteiger partial charge in [-0.15, -0.1) is 0 Å². The second-order valence-corrected chi connectivity index (χ2v) is 7.27. The Morgan fingerprint density at radius 2 is 2.24 bits per heavy atom. The van der Waals surface area contributed by atoms with Crippen molar-refractivity contribution in [2.75, 3.05) is 12.9 Å². The average Bonchev–Trinajstić information content (AvgIpc) is 3.19. The number of rotatable bonds is 8. The van der Waals surface area contributed by atoms with Gasteiger partial charge in [0.25, 0.3) is 0 Å². The van der Waals surface area contributed by atoms with Gasteiger partial charge in [-0.1, -0.05) is 0 Å². The van der Waals surface area contributed by atoms with Gasteiger partial charge in [-0.2, -0.15) is 4.31 Å². The van der Waals surface area contributed by atoms with Gasteiger partial charge in [-0.3, -0.25) is 4.79 Å². The van der Waals surface area contributed by atoms with Crippen LogP contribution in [0, 0.1) is 0 Å². The lowest BCUT2D eigenvalue weighted by Gasteiger charge is -2.21. The van der Waals surface area contributed by atoms with Crippen LogP contribution in [0.15, 0.2) is 12.4 Å². The minimum atomic E-state index is -3.38. The number of imidazole rings is 1. The van der Waals surface area contributed by atoms with Crippen LogP contribution in [0.3, 0.4) is 0 Å². The largest absolute Gasteiger partial charge is 0.469 e. The molecule has 21 heavy (non-hydrogen) atoms. The van der Waals surface area contributed by atoms with Crippen LogP contribution in [0.1, 0.15) is 31.5 Å². The van der Waals surface area contributed by atoms with E-state index in [-0.39, 0.29) is 37.2 Å². The predicted molar refractivity (Wildman–Crippen MR) is 76.8 cm³/mol. The third kappa shape index (κ3) is 4.28. The van der Waals surface area contributed by atoms with Gasteiger partial charge in [-0.05, 0) is 19.3 Å². The normalized spacial score (nSPS) is 15.4. The van der Waals surface area contributed by atoms with Crippen LogP contribution < -0.4 is 0 Å². The number of hydrogen-bond donors (Lipinski definition) is 0. The minimum Gasteiger partial charge on any atom is -0.469 e. The summed E-state index contributed by atoms with van der Waals surface area (Å²) in [6, 6.07) is 0.0739.